The summed E-state index contributed by atoms with van der Waals surface area (Å²) < 4.78 is 27.1. The Balaban J connectivity index is 1.87. The second kappa shape index (κ2) is 5.67. The molecule has 1 N–H and O–H groups in total. The molecule has 0 radical (unpaired) electrons. The molecule has 0 bridgehead atoms. The number of benzene rings is 1. The van der Waals surface area contributed by atoms with Gasteiger partial charge in [0.1, 0.15) is 0 Å². The maximum absolute atomic E-state index is 12.7. The largest absolute Gasteiger partial charge is 0.309 e. The van der Waals surface area contributed by atoms with Crippen molar-refractivity contribution in [2.75, 3.05) is 18.8 Å². The minimum absolute atomic E-state index is 0.426. The summed E-state index contributed by atoms with van der Waals surface area (Å²) in [7, 11) is -3.33. The zero-order chi connectivity index (χ0) is 14.2. The van der Waals surface area contributed by atoms with Gasteiger partial charge in [-0.1, -0.05) is 13.0 Å². The van der Waals surface area contributed by atoms with Crippen LogP contribution in [0.4, 0.5) is 0 Å². The Morgan fingerprint density at radius 2 is 2.15 bits per heavy atom. The van der Waals surface area contributed by atoms with Gasteiger partial charge in [-0.2, -0.15) is 16.1 Å². The highest BCUT2D eigenvalue weighted by Gasteiger charge is 2.30. The van der Waals surface area contributed by atoms with Crippen molar-refractivity contribution in [2.24, 2.45) is 0 Å². The van der Waals surface area contributed by atoms with Gasteiger partial charge in [-0.05, 0) is 29.7 Å². The van der Waals surface area contributed by atoms with Crippen molar-refractivity contribution in [3.63, 3.8) is 0 Å². The van der Waals surface area contributed by atoms with Gasteiger partial charge in [-0.25, -0.2) is 8.42 Å². The van der Waals surface area contributed by atoms with Crippen LogP contribution in [0.15, 0.2) is 23.1 Å². The molecule has 0 amide bonds. The standard InChI is InChI=1S/C14H20N2O2S2/c1-2-13-10-16(5-6-19-13)20(17,18)14-4-3-11-8-15-9-12(11)7-14/h3-4,7,13,15H,2,5-6,8-10H2,1H3. The van der Waals surface area contributed by atoms with Crippen molar-refractivity contribution in [3.8, 4) is 0 Å². The lowest BCUT2D eigenvalue weighted by molar-refractivity contribution is 0.416. The zero-order valence-corrected chi connectivity index (χ0v) is 13.3. The van der Waals surface area contributed by atoms with Crippen LogP contribution in [0.2, 0.25) is 0 Å². The van der Waals surface area contributed by atoms with Gasteiger partial charge in [0.05, 0.1) is 4.90 Å². The third-order valence-electron chi connectivity index (χ3n) is 4.00. The lowest BCUT2D eigenvalue weighted by atomic mass is 10.1. The quantitative estimate of drug-likeness (QED) is 0.925. The van der Waals surface area contributed by atoms with E-state index in [4.69, 9.17) is 0 Å². The van der Waals surface area contributed by atoms with Gasteiger partial charge in [0, 0.05) is 37.2 Å². The van der Waals surface area contributed by atoms with Crippen LogP contribution < -0.4 is 5.32 Å². The summed E-state index contributed by atoms with van der Waals surface area (Å²) in [5.74, 6) is 0.893. The van der Waals surface area contributed by atoms with E-state index in [1.807, 2.05) is 23.9 Å². The Morgan fingerprint density at radius 1 is 1.35 bits per heavy atom. The Morgan fingerprint density at radius 3 is 2.95 bits per heavy atom. The third kappa shape index (κ3) is 2.62. The molecule has 1 saturated heterocycles. The molecule has 4 nitrogen and oxygen atoms in total. The number of sulfonamides is 1. The zero-order valence-electron chi connectivity index (χ0n) is 11.6. The summed E-state index contributed by atoms with van der Waals surface area (Å²) >= 11 is 1.88. The van der Waals surface area contributed by atoms with E-state index in [2.05, 4.69) is 12.2 Å². The van der Waals surface area contributed by atoms with E-state index in [1.54, 1.807) is 10.4 Å². The summed E-state index contributed by atoms with van der Waals surface area (Å²) in [6, 6.07) is 5.54. The van der Waals surface area contributed by atoms with Crippen LogP contribution in [0.1, 0.15) is 24.5 Å². The third-order valence-corrected chi connectivity index (χ3v) is 7.24. The first-order valence-electron chi connectivity index (χ1n) is 7.05. The van der Waals surface area contributed by atoms with Crippen LogP contribution in [0.5, 0.6) is 0 Å². The summed E-state index contributed by atoms with van der Waals surface area (Å²) in [6.45, 7) is 4.99. The van der Waals surface area contributed by atoms with Crippen molar-refractivity contribution in [2.45, 2.75) is 36.6 Å². The maximum Gasteiger partial charge on any atom is 0.243 e. The van der Waals surface area contributed by atoms with E-state index in [0.29, 0.717) is 23.2 Å². The topological polar surface area (TPSA) is 49.4 Å². The molecule has 0 spiro atoms. The van der Waals surface area contributed by atoms with Gasteiger partial charge < -0.3 is 5.32 Å². The SMILES string of the molecule is CCC1CN(S(=O)(=O)c2ccc3c(c2)CNC3)CCS1. The monoisotopic (exact) mass is 312 g/mol. The Kier molecular flexibility index (Phi) is 4.08. The van der Waals surface area contributed by atoms with E-state index >= 15 is 0 Å². The molecule has 3 rings (SSSR count). The van der Waals surface area contributed by atoms with Crippen molar-refractivity contribution in [1.82, 2.24) is 9.62 Å². The smallest absolute Gasteiger partial charge is 0.243 e. The predicted octanol–water partition coefficient (Wildman–Crippen LogP) is 1.81. The maximum atomic E-state index is 12.7. The molecule has 2 aliphatic rings. The molecule has 1 aromatic rings. The lowest BCUT2D eigenvalue weighted by Crippen LogP contribution is -2.41. The molecule has 1 atom stereocenters. The molecule has 0 aromatic heterocycles. The fourth-order valence-corrected chi connectivity index (χ4v) is 5.67. The molecule has 2 aliphatic heterocycles. The summed E-state index contributed by atoms with van der Waals surface area (Å²) in [5.41, 5.74) is 2.33. The number of thioether (sulfide) groups is 1. The number of nitrogens with zero attached hydrogens (tertiary/aromatic N) is 1. The first-order valence-corrected chi connectivity index (χ1v) is 9.54. The number of fused-ring (bicyclic) bond motifs is 1. The van der Waals surface area contributed by atoms with Gasteiger partial charge in [0.15, 0.2) is 0 Å². The molecular formula is C14H20N2O2S2. The van der Waals surface area contributed by atoms with Gasteiger partial charge >= 0.3 is 0 Å². The molecule has 6 heteroatoms. The Labute approximate surface area is 125 Å². The normalized spacial score (nSPS) is 23.8. The second-order valence-electron chi connectivity index (χ2n) is 5.30. The van der Waals surface area contributed by atoms with Gasteiger partial charge in [0.2, 0.25) is 10.0 Å². The summed E-state index contributed by atoms with van der Waals surface area (Å²) in [4.78, 5) is 0.446. The minimum atomic E-state index is -3.33. The summed E-state index contributed by atoms with van der Waals surface area (Å²) in [5, 5.41) is 3.68. The number of rotatable bonds is 3. The highest BCUT2D eigenvalue weighted by molar-refractivity contribution is 8.00. The van der Waals surface area contributed by atoms with Crippen molar-refractivity contribution in [1.29, 1.82) is 0 Å². The molecule has 2 heterocycles. The van der Waals surface area contributed by atoms with Crippen molar-refractivity contribution >= 4 is 21.8 Å². The Hall–Kier alpha value is -0.560. The molecule has 0 saturated carbocycles. The number of nitrogens with one attached hydrogen (secondary N) is 1. The molecule has 1 aromatic carbocycles. The van der Waals surface area contributed by atoms with Crippen LogP contribution >= 0.6 is 11.8 Å². The highest BCUT2D eigenvalue weighted by atomic mass is 32.2. The summed E-state index contributed by atoms with van der Waals surface area (Å²) in [6.07, 6.45) is 1.02. The Bertz CT molecular complexity index is 601. The van der Waals surface area contributed by atoms with Crippen LogP contribution in [-0.2, 0) is 23.1 Å². The second-order valence-corrected chi connectivity index (χ2v) is 8.64. The first kappa shape index (κ1) is 14.4. The van der Waals surface area contributed by atoms with Crippen molar-refractivity contribution < 1.29 is 8.42 Å². The van der Waals surface area contributed by atoms with E-state index in [0.717, 1.165) is 30.8 Å². The van der Waals surface area contributed by atoms with Crippen LogP contribution in [-0.4, -0.2) is 36.8 Å². The fourth-order valence-electron chi connectivity index (χ4n) is 2.74. The van der Waals surface area contributed by atoms with Crippen LogP contribution in [0.3, 0.4) is 0 Å². The van der Waals surface area contributed by atoms with Crippen molar-refractivity contribution in [3.05, 3.63) is 29.3 Å². The number of hydrogen-bond acceptors (Lipinski definition) is 4. The lowest BCUT2D eigenvalue weighted by Gasteiger charge is -2.31. The van der Waals surface area contributed by atoms with Gasteiger partial charge in [-0.15, -0.1) is 0 Å². The van der Waals surface area contributed by atoms with Gasteiger partial charge in [-0.3, -0.25) is 0 Å². The molecule has 20 heavy (non-hydrogen) atoms. The average Bonchev–Trinajstić information content (AvgIpc) is 2.94. The molecule has 1 fully saturated rings. The van der Waals surface area contributed by atoms with E-state index in [9.17, 15) is 8.42 Å². The van der Waals surface area contributed by atoms with E-state index in [1.165, 1.54) is 5.56 Å². The predicted molar refractivity (Wildman–Crippen MR) is 82.3 cm³/mol. The van der Waals surface area contributed by atoms with Crippen LogP contribution in [0, 0.1) is 0 Å². The number of hydrogen-bond donors (Lipinski definition) is 1. The first-order chi connectivity index (χ1) is 9.61. The molecular weight excluding hydrogens is 292 g/mol. The fraction of sp³-hybridized carbons (Fsp3) is 0.571. The molecule has 1 unspecified atom stereocenters. The molecule has 0 aliphatic carbocycles. The molecule has 110 valence electrons. The van der Waals surface area contributed by atoms with E-state index in [-0.39, 0.29) is 0 Å². The average molecular weight is 312 g/mol. The van der Waals surface area contributed by atoms with Crippen LogP contribution in [0.25, 0.3) is 0 Å². The van der Waals surface area contributed by atoms with Gasteiger partial charge in [0.25, 0.3) is 0 Å². The minimum Gasteiger partial charge on any atom is -0.309 e. The highest BCUT2D eigenvalue weighted by Crippen LogP contribution is 2.27. The van der Waals surface area contributed by atoms with E-state index < -0.39 is 10.0 Å².